The van der Waals surface area contributed by atoms with Crippen molar-refractivity contribution in [3.8, 4) is 0 Å². The quantitative estimate of drug-likeness (QED) is 0.916. The topological polar surface area (TPSA) is 63.2 Å². The average molecular weight is 331 g/mol. The molecule has 122 valence electrons. The Hall–Kier alpha value is -2.14. The third kappa shape index (κ3) is 4.42. The first-order valence-corrected chi connectivity index (χ1v) is 9.36. The van der Waals surface area contributed by atoms with E-state index in [0.717, 1.165) is 16.7 Å². The fourth-order valence-electron chi connectivity index (χ4n) is 2.31. The fourth-order valence-corrected chi connectivity index (χ4v) is 2.98. The van der Waals surface area contributed by atoms with E-state index in [0.29, 0.717) is 6.42 Å². The molecule has 0 aliphatic rings. The van der Waals surface area contributed by atoms with E-state index in [-0.39, 0.29) is 16.8 Å². The highest BCUT2D eigenvalue weighted by Crippen LogP contribution is 2.25. The Morgan fingerprint density at radius 1 is 1.09 bits per heavy atom. The van der Waals surface area contributed by atoms with Crippen molar-refractivity contribution >= 4 is 15.7 Å². The van der Waals surface area contributed by atoms with Crippen LogP contribution in [0.3, 0.4) is 0 Å². The average Bonchev–Trinajstić information content (AvgIpc) is 2.52. The summed E-state index contributed by atoms with van der Waals surface area (Å²) in [6.07, 6.45) is 1.55. The summed E-state index contributed by atoms with van der Waals surface area (Å²) < 4.78 is 23.6. The highest BCUT2D eigenvalue weighted by Gasteiger charge is 2.18. The molecule has 4 nitrogen and oxygen atoms in total. The SMILES string of the molecule is CCC(=O)NC(c1ccc(C)cc1)c1cccc(S(C)(=O)=O)c1. The van der Waals surface area contributed by atoms with Gasteiger partial charge in [-0.1, -0.05) is 48.9 Å². The lowest BCUT2D eigenvalue weighted by atomic mass is 9.97. The van der Waals surface area contributed by atoms with E-state index < -0.39 is 9.84 Å². The van der Waals surface area contributed by atoms with E-state index >= 15 is 0 Å². The lowest BCUT2D eigenvalue weighted by molar-refractivity contribution is -0.121. The van der Waals surface area contributed by atoms with Crippen LogP contribution in [0, 0.1) is 6.92 Å². The standard InChI is InChI=1S/C18H21NO3S/c1-4-17(20)19-18(14-10-8-13(2)9-11-14)15-6-5-7-16(12-15)23(3,21)22/h5-12,18H,4H2,1-3H3,(H,19,20). The van der Waals surface area contributed by atoms with Crippen molar-refractivity contribution in [1.29, 1.82) is 0 Å². The van der Waals surface area contributed by atoms with Gasteiger partial charge in [0.05, 0.1) is 10.9 Å². The van der Waals surface area contributed by atoms with Gasteiger partial charge >= 0.3 is 0 Å². The Morgan fingerprint density at radius 3 is 2.30 bits per heavy atom. The molecule has 1 atom stereocenters. The molecule has 0 aliphatic heterocycles. The van der Waals surface area contributed by atoms with Crippen LogP contribution in [-0.4, -0.2) is 20.6 Å². The molecule has 0 saturated heterocycles. The van der Waals surface area contributed by atoms with Gasteiger partial charge in [0.15, 0.2) is 9.84 Å². The molecule has 0 aromatic heterocycles. The van der Waals surface area contributed by atoms with Gasteiger partial charge in [0, 0.05) is 12.7 Å². The maximum Gasteiger partial charge on any atom is 0.220 e. The van der Waals surface area contributed by atoms with E-state index in [1.165, 1.54) is 6.26 Å². The van der Waals surface area contributed by atoms with Gasteiger partial charge in [-0.15, -0.1) is 0 Å². The normalized spacial score (nSPS) is 12.7. The maximum atomic E-state index is 11.9. The minimum absolute atomic E-state index is 0.0830. The van der Waals surface area contributed by atoms with Gasteiger partial charge in [-0.25, -0.2) is 8.42 Å². The summed E-state index contributed by atoms with van der Waals surface area (Å²) in [7, 11) is -3.29. The summed E-state index contributed by atoms with van der Waals surface area (Å²) >= 11 is 0. The molecule has 2 rings (SSSR count). The van der Waals surface area contributed by atoms with Crippen molar-refractivity contribution in [2.75, 3.05) is 6.26 Å². The Bertz CT molecular complexity index is 795. The number of nitrogens with one attached hydrogen (secondary N) is 1. The predicted molar refractivity (Wildman–Crippen MR) is 91.0 cm³/mol. The Morgan fingerprint density at radius 2 is 1.74 bits per heavy atom. The summed E-state index contributed by atoms with van der Waals surface area (Å²) in [5, 5.41) is 2.96. The van der Waals surface area contributed by atoms with Gasteiger partial charge in [0.2, 0.25) is 5.91 Å². The molecule has 0 fully saturated rings. The Kier molecular flexibility index (Phi) is 5.21. The molecule has 0 aliphatic carbocycles. The molecule has 0 bridgehead atoms. The molecule has 2 aromatic rings. The van der Waals surface area contributed by atoms with Gasteiger partial charge in [-0.05, 0) is 30.2 Å². The third-order valence-electron chi connectivity index (χ3n) is 3.66. The van der Waals surface area contributed by atoms with E-state index in [1.54, 1.807) is 25.1 Å². The number of carbonyl (C=O) groups is 1. The highest BCUT2D eigenvalue weighted by atomic mass is 32.2. The van der Waals surface area contributed by atoms with E-state index in [1.807, 2.05) is 37.3 Å². The van der Waals surface area contributed by atoms with Crippen molar-refractivity contribution < 1.29 is 13.2 Å². The largest absolute Gasteiger partial charge is 0.345 e. The monoisotopic (exact) mass is 331 g/mol. The predicted octanol–water partition coefficient (Wildman–Crippen LogP) is 3.01. The number of sulfone groups is 1. The minimum atomic E-state index is -3.29. The van der Waals surface area contributed by atoms with Gasteiger partial charge < -0.3 is 5.32 Å². The van der Waals surface area contributed by atoms with E-state index in [4.69, 9.17) is 0 Å². The van der Waals surface area contributed by atoms with Gasteiger partial charge in [0.1, 0.15) is 0 Å². The highest BCUT2D eigenvalue weighted by molar-refractivity contribution is 7.90. The van der Waals surface area contributed by atoms with Crippen molar-refractivity contribution in [2.24, 2.45) is 0 Å². The summed E-state index contributed by atoms with van der Waals surface area (Å²) in [4.78, 5) is 12.1. The van der Waals surface area contributed by atoms with Crippen LogP contribution in [-0.2, 0) is 14.6 Å². The van der Waals surface area contributed by atoms with Crippen LogP contribution >= 0.6 is 0 Å². The van der Waals surface area contributed by atoms with Crippen LogP contribution in [0.2, 0.25) is 0 Å². The van der Waals surface area contributed by atoms with Crippen LogP contribution in [0.15, 0.2) is 53.4 Å². The maximum absolute atomic E-state index is 11.9. The Labute approximate surface area is 137 Å². The van der Waals surface area contributed by atoms with Gasteiger partial charge in [0.25, 0.3) is 0 Å². The van der Waals surface area contributed by atoms with E-state index in [2.05, 4.69) is 5.32 Å². The summed E-state index contributed by atoms with van der Waals surface area (Å²) in [6, 6.07) is 14.2. The first-order chi connectivity index (χ1) is 10.8. The van der Waals surface area contributed by atoms with Crippen molar-refractivity contribution in [2.45, 2.75) is 31.2 Å². The molecule has 1 N–H and O–H groups in total. The molecule has 1 unspecified atom stereocenters. The molecule has 0 heterocycles. The smallest absolute Gasteiger partial charge is 0.220 e. The van der Waals surface area contributed by atoms with Crippen molar-refractivity contribution in [1.82, 2.24) is 5.32 Å². The number of carbonyl (C=O) groups excluding carboxylic acids is 1. The molecule has 0 radical (unpaired) electrons. The molecule has 2 aromatic carbocycles. The van der Waals surface area contributed by atoms with Crippen molar-refractivity contribution in [3.05, 3.63) is 65.2 Å². The second kappa shape index (κ2) is 6.96. The van der Waals surface area contributed by atoms with Crippen molar-refractivity contribution in [3.63, 3.8) is 0 Å². The third-order valence-corrected chi connectivity index (χ3v) is 4.77. The number of amides is 1. The van der Waals surface area contributed by atoms with Gasteiger partial charge in [-0.3, -0.25) is 4.79 Å². The first-order valence-electron chi connectivity index (χ1n) is 7.47. The molecule has 0 saturated carbocycles. The molecule has 1 amide bonds. The summed E-state index contributed by atoms with van der Waals surface area (Å²) in [6.45, 7) is 3.78. The molecular weight excluding hydrogens is 310 g/mol. The minimum Gasteiger partial charge on any atom is -0.345 e. The lowest BCUT2D eigenvalue weighted by Gasteiger charge is -2.20. The second-order valence-corrected chi connectivity index (χ2v) is 7.63. The van der Waals surface area contributed by atoms with Crippen LogP contribution in [0.25, 0.3) is 0 Å². The number of rotatable bonds is 5. The summed E-state index contributed by atoms with van der Waals surface area (Å²) in [5.41, 5.74) is 2.79. The zero-order valence-corrected chi connectivity index (χ0v) is 14.4. The molecule has 5 heteroatoms. The lowest BCUT2D eigenvalue weighted by Crippen LogP contribution is -2.28. The van der Waals surface area contributed by atoms with Crippen LogP contribution in [0.1, 0.15) is 36.1 Å². The molecule has 0 spiro atoms. The summed E-state index contributed by atoms with van der Waals surface area (Å²) in [5.74, 6) is -0.0830. The second-order valence-electron chi connectivity index (χ2n) is 5.61. The number of aryl methyl sites for hydroxylation is 1. The number of hydrogen-bond acceptors (Lipinski definition) is 3. The molecular formula is C18H21NO3S. The fraction of sp³-hybridized carbons (Fsp3) is 0.278. The zero-order chi connectivity index (χ0) is 17.0. The number of hydrogen-bond donors (Lipinski definition) is 1. The number of benzene rings is 2. The van der Waals surface area contributed by atoms with E-state index in [9.17, 15) is 13.2 Å². The molecule has 23 heavy (non-hydrogen) atoms. The first kappa shape index (κ1) is 17.2. The van der Waals surface area contributed by atoms with Gasteiger partial charge in [-0.2, -0.15) is 0 Å². The zero-order valence-electron chi connectivity index (χ0n) is 13.5. The van der Waals surface area contributed by atoms with Crippen LogP contribution < -0.4 is 5.32 Å². The van der Waals surface area contributed by atoms with Crippen LogP contribution in [0.5, 0.6) is 0 Å². The Balaban J connectivity index is 2.49. The van der Waals surface area contributed by atoms with Crippen LogP contribution in [0.4, 0.5) is 0 Å².